The zero-order chi connectivity index (χ0) is 28.4. The van der Waals surface area contributed by atoms with E-state index < -0.39 is 0 Å². The molecule has 0 bridgehead atoms. The fourth-order valence-electron chi connectivity index (χ4n) is 6.75. The summed E-state index contributed by atoms with van der Waals surface area (Å²) in [5, 5.41) is 0. The number of hydrogen-bond acceptors (Lipinski definition) is 2. The number of benzene rings is 6. The van der Waals surface area contributed by atoms with Crippen LogP contribution in [0.2, 0.25) is 0 Å². The summed E-state index contributed by atoms with van der Waals surface area (Å²) in [4.78, 5) is 0. The van der Waals surface area contributed by atoms with E-state index in [4.69, 9.17) is 9.47 Å². The van der Waals surface area contributed by atoms with Crippen LogP contribution < -0.4 is 25.9 Å². The minimum atomic E-state index is -0.0283. The van der Waals surface area contributed by atoms with Gasteiger partial charge in [-0.25, -0.2) is 0 Å². The normalized spacial score (nSPS) is 12.5. The maximum atomic E-state index is 7.07. The van der Waals surface area contributed by atoms with Gasteiger partial charge in [0.2, 0.25) is 0 Å². The lowest BCUT2D eigenvalue weighted by Gasteiger charge is -2.35. The zero-order valence-corrected chi connectivity index (χ0v) is 23.9. The van der Waals surface area contributed by atoms with Crippen LogP contribution in [0.5, 0.6) is 23.0 Å². The van der Waals surface area contributed by atoms with Gasteiger partial charge >= 0.3 is 0 Å². The van der Waals surface area contributed by atoms with Crippen molar-refractivity contribution in [1.82, 2.24) is 0 Å². The Balaban J connectivity index is 1.43. The van der Waals surface area contributed by atoms with Crippen molar-refractivity contribution in [2.24, 2.45) is 0 Å². The number of aryl methyl sites for hydroxylation is 3. The molecule has 8 rings (SSSR count). The lowest BCUT2D eigenvalue weighted by atomic mass is 9.34. The SMILES string of the molecule is Cc1ccccc1-c1ccc2c(c1)B1c3cccc(-c4ccccc4C)c3Oc3c(-c4ccccc4C)ccc(c31)O2. The highest BCUT2D eigenvalue weighted by atomic mass is 16.5. The van der Waals surface area contributed by atoms with E-state index in [0.717, 1.165) is 50.5 Å². The monoisotopic (exact) mass is 540 g/mol. The van der Waals surface area contributed by atoms with Crippen LogP contribution in [0.25, 0.3) is 33.4 Å². The summed E-state index contributed by atoms with van der Waals surface area (Å²) in [5.41, 5.74) is 14.1. The second-order valence-corrected chi connectivity index (χ2v) is 11.4. The molecule has 0 saturated heterocycles. The average Bonchev–Trinajstić information content (AvgIpc) is 3.01. The lowest BCUT2D eigenvalue weighted by molar-refractivity contribution is 0.466. The standard InChI is InChI=1S/C39H29BO2/c1-24-11-4-7-14-28(24)27-19-21-35-34(23-27)40-33-18-10-17-31(29-15-8-5-12-25(29)2)38(33)42-39-32(20-22-36(41-35)37(39)40)30-16-9-6-13-26(30)3/h4-23H,1-3H3. The van der Waals surface area contributed by atoms with Gasteiger partial charge in [-0.3, -0.25) is 0 Å². The quantitative estimate of drug-likeness (QED) is 0.210. The Labute approximate surface area is 247 Å². The molecule has 0 amide bonds. The van der Waals surface area contributed by atoms with Crippen molar-refractivity contribution >= 4 is 23.1 Å². The predicted molar refractivity (Wildman–Crippen MR) is 175 cm³/mol. The predicted octanol–water partition coefficient (Wildman–Crippen LogP) is 8.34. The third-order valence-corrected chi connectivity index (χ3v) is 8.87. The maximum Gasteiger partial charge on any atom is 0.260 e. The second kappa shape index (κ2) is 9.53. The molecule has 0 aliphatic carbocycles. The molecule has 6 aromatic carbocycles. The molecule has 0 aromatic heterocycles. The molecule has 3 heteroatoms. The van der Waals surface area contributed by atoms with Crippen molar-refractivity contribution in [1.29, 1.82) is 0 Å². The van der Waals surface area contributed by atoms with Gasteiger partial charge in [-0.05, 0) is 88.8 Å². The van der Waals surface area contributed by atoms with Crippen molar-refractivity contribution in [2.75, 3.05) is 0 Å². The molecule has 2 heterocycles. The minimum Gasteiger partial charge on any atom is -0.458 e. The van der Waals surface area contributed by atoms with Gasteiger partial charge in [-0.15, -0.1) is 0 Å². The zero-order valence-electron chi connectivity index (χ0n) is 23.9. The van der Waals surface area contributed by atoms with E-state index in [0.29, 0.717) is 0 Å². The van der Waals surface area contributed by atoms with Crippen LogP contribution in [-0.2, 0) is 0 Å². The van der Waals surface area contributed by atoms with Gasteiger partial charge in [-0.2, -0.15) is 0 Å². The topological polar surface area (TPSA) is 18.5 Å². The summed E-state index contributed by atoms with van der Waals surface area (Å²) in [5.74, 6) is 3.56. The Morgan fingerprint density at radius 3 is 1.67 bits per heavy atom. The molecule has 0 saturated carbocycles. The Hall–Kier alpha value is -5.02. The first-order chi connectivity index (χ1) is 20.6. The molecule has 2 aliphatic rings. The molecule has 42 heavy (non-hydrogen) atoms. The Morgan fingerprint density at radius 1 is 0.429 bits per heavy atom. The highest BCUT2D eigenvalue weighted by Gasteiger charge is 2.42. The summed E-state index contributed by atoms with van der Waals surface area (Å²) in [7, 11) is 0. The van der Waals surface area contributed by atoms with Gasteiger partial charge < -0.3 is 9.47 Å². The van der Waals surface area contributed by atoms with Gasteiger partial charge in [0.25, 0.3) is 6.71 Å². The van der Waals surface area contributed by atoms with Crippen LogP contribution in [0, 0.1) is 20.8 Å². The summed E-state index contributed by atoms with van der Waals surface area (Å²) in [6, 6.07) is 43.2. The van der Waals surface area contributed by atoms with E-state index >= 15 is 0 Å². The summed E-state index contributed by atoms with van der Waals surface area (Å²) in [6.07, 6.45) is 0. The smallest absolute Gasteiger partial charge is 0.260 e. The number of fused-ring (bicyclic) bond motifs is 4. The molecule has 2 nitrogen and oxygen atoms in total. The van der Waals surface area contributed by atoms with E-state index in [1.165, 1.54) is 38.9 Å². The van der Waals surface area contributed by atoms with Gasteiger partial charge in [0.15, 0.2) is 0 Å². The fraction of sp³-hybridized carbons (Fsp3) is 0.0769. The molecule has 0 fully saturated rings. The Bertz CT molecular complexity index is 2040. The summed E-state index contributed by atoms with van der Waals surface area (Å²) < 4.78 is 13.7. The average molecular weight is 540 g/mol. The summed E-state index contributed by atoms with van der Waals surface area (Å²) >= 11 is 0. The molecular weight excluding hydrogens is 511 g/mol. The molecule has 0 atom stereocenters. The van der Waals surface area contributed by atoms with Gasteiger partial charge in [0, 0.05) is 16.6 Å². The van der Waals surface area contributed by atoms with E-state index in [9.17, 15) is 0 Å². The highest BCUT2D eigenvalue weighted by Crippen LogP contribution is 2.44. The van der Waals surface area contributed by atoms with Crippen LogP contribution in [0.3, 0.4) is 0 Å². The first-order valence-electron chi connectivity index (χ1n) is 14.6. The number of rotatable bonds is 3. The van der Waals surface area contributed by atoms with E-state index in [1.54, 1.807) is 0 Å². The molecule has 0 unspecified atom stereocenters. The van der Waals surface area contributed by atoms with E-state index in [-0.39, 0.29) is 6.71 Å². The Kier molecular flexibility index (Phi) is 5.62. The van der Waals surface area contributed by atoms with Crippen LogP contribution in [0.15, 0.2) is 121 Å². The fourth-order valence-corrected chi connectivity index (χ4v) is 6.75. The molecular formula is C39H29BO2. The number of para-hydroxylation sites is 1. The summed E-state index contributed by atoms with van der Waals surface area (Å²) in [6.45, 7) is 6.47. The van der Waals surface area contributed by atoms with E-state index in [2.05, 4.69) is 142 Å². The van der Waals surface area contributed by atoms with Crippen LogP contribution in [0.1, 0.15) is 16.7 Å². The van der Waals surface area contributed by atoms with Crippen molar-refractivity contribution in [3.8, 4) is 56.4 Å². The maximum absolute atomic E-state index is 7.07. The molecule has 0 spiro atoms. The first kappa shape index (κ1) is 24.8. The van der Waals surface area contributed by atoms with Crippen LogP contribution >= 0.6 is 0 Å². The van der Waals surface area contributed by atoms with Crippen LogP contribution in [-0.4, -0.2) is 6.71 Å². The molecule has 200 valence electrons. The minimum absolute atomic E-state index is 0.0283. The largest absolute Gasteiger partial charge is 0.458 e. The van der Waals surface area contributed by atoms with Crippen molar-refractivity contribution < 1.29 is 9.47 Å². The number of ether oxygens (including phenoxy) is 2. The van der Waals surface area contributed by atoms with Crippen molar-refractivity contribution in [3.05, 3.63) is 138 Å². The molecule has 0 radical (unpaired) electrons. The molecule has 6 aromatic rings. The highest BCUT2D eigenvalue weighted by molar-refractivity contribution is 6.98. The van der Waals surface area contributed by atoms with Crippen LogP contribution in [0.4, 0.5) is 0 Å². The van der Waals surface area contributed by atoms with Gasteiger partial charge in [-0.1, -0.05) is 103 Å². The van der Waals surface area contributed by atoms with Gasteiger partial charge in [0.1, 0.15) is 23.0 Å². The van der Waals surface area contributed by atoms with Crippen molar-refractivity contribution in [3.63, 3.8) is 0 Å². The third kappa shape index (κ3) is 3.74. The van der Waals surface area contributed by atoms with E-state index in [1.807, 2.05) is 0 Å². The lowest BCUT2D eigenvalue weighted by Crippen LogP contribution is -2.57. The molecule has 0 N–H and O–H groups in total. The third-order valence-electron chi connectivity index (χ3n) is 8.87. The second-order valence-electron chi connectivity index (χ2n) is 11.4. The first-order valence-corrected chi connectivity index (χ1v) is 14.6. The van der Waals surface area contributed by atoms with Crippen molar-refractivity contribution in [2.45, 2.75) is 20.8 Å². The molecule has 2 aliphatic heterocycles. The number of hydrogen-bond donors (Lipinski definition) is 0. The van der Waals surface area contributed by atoms with Gasteiger partial charge in [0.05, 0.1) is 0 Å². The Morgan fingerprint density at radius 2 is 1.00 bits per heavy atom.